The average Bonchev–Trinajstić information content (AvgIpc) is 2.38. The number of hydrogen-bond acceptors (Lipinski definition) is 3. The maximum atomic E-state index is 11.8. The lowest BCUT2D eigenvalue weighted by molar-refractivity contribution is 0.0827. The first-order valence-electron chi connectivity index (χ1n) is 5.59. The van der Waals surface area contributed by atoms with Gasteiger partial charge in [0.15, 0.2) is 0 Å². The first-order valence-corrected chi connectivity index (χ1v) is 5.59. The fraction of sp³-hybridized carbons (Fsp3) is 0.357. The summed E-state index contributed by atoms with van der Waals surface area (Å²) in [5.74, 6) is 6.25. The van der Waals surface area contributed by atoms with Crippen LogP contribution in [-0.2, 0) is 0 Å². The zero-order valence-corrected chi connectivity index (χ0v) is 10.9. The van der Waals surface area contributed by atoms with Gasteiger partial charge in [-0.1, -0.05) is 11.8 Å². The van der Waals surface area contributed by atoms with Crippen LogP contribution in [0.2, 0.25) is 0 Å². The van der Waals surface area contributed by atoms with Gasteiger partial charge in [-0.2, -0.15) is 0 Å². The Hall–Kier alpha value is -1.99. The van der Waals surface area contributed by atoms with E-state index in [9.17, 15) is 4.79 Å². The predicted octanol–water partition coefficient (Wildman–Crippen LogP) is 1.13. The van der Waals surface area contributed by atoms with Crippen LogP contribution in [0.5, 0.6) is 5.75 Å². The Balaban J connectivity index is 3.10. The maximum absolute atomic E-state index is 11.8. The van der Waals surface area contributed by atoms with Crippen molar-refractivity contribution < 1.29 is 14.6 Å². The molecule has 0 aromatic heterocycles. The van der Waals surface area contributed by atoms with Gasteiger partial charge in [0, 0.05) is 26.1 Å². The van der Waals surface area contributed by atoms with Crippen molar-refractivity contribution in [3.63, 3.8) is 0 Å². The summed E-state index contributed by atoms with van der Waals surface area (Å²) in [5.41, 5.74) is 1.22. The number of amides is 1. The minimum Gasteiger partial charge on any atom is -0.495 e. The molecule has 4 nitrogen and oxygen atoms in total. The molecule has 0 saturated heterocycles. The topological polar surface area (TPSA) is 49.8 Å². The summed E-state index contributed by atoms with van der Waals surface area (Å²) >= 11 is 0. The van der Waals surface area contributed by atoms with Crippen LogP contribution in [0.4, 0.5) is 0 Å². The highest BCUT2D eigenvalue weighted by Crippen LogP contribution is 2.19. The molecule has 0 fully saturated rings. The van der Waals surface area contributed by atoms with Crippen molar-refractivity contribution in [1.29, 1.82) is 0 Å². The number of carbonyl (C=O) groups excluding carboxylic acids is 1. The van der Waals surface area contributed by atoms with Crippen LogP contribution in [0.3, 0.4) is 0 Å². The van der Waals surface area contributed by atoms with E-state index in [4.69, 9.17) is 9.84 Å². The summed E-state index contributed by atoms with van der Waals surface area (Å²) in [6.07, 6.45) is 0.398. The van der Waals surface area contributed by atoms with Gasteiger partial charge in [-0.3, -0.25) is 4.79 Å². The van der Waals surface area contributed by atoms with E-state index in [-0.39, 0.29) is 12.5 Å². The van der Waals surface area contributed by atoms with Gasteiger partial charge in [-0.15, -0.1) is 0 Å². The molecule has 0 aliphatic heterocycles. The van der Waals surface area contributed by atoms with Crippen molar-refractivity contribution in [1.82, 2.24) is 4.90 Å². The molecule has 0 unspecified atom stereocenters. The second-order valence-corrected chi connectivity index (χ2v) is 3.89. The van der Waals surface area contributed by atoms with Crippen molar-refractivity contribution in [3.05, 3.63) is 29.3 Å². The molecule has 4 heteroatoms. The van der Waals surface area contributed by atoms with Crippen molar-refractivity contribution in [2.75, 3.05) is 27.8 Å². The van der Waals surface area contributed by atoms with Crippen LogP contribution < -0.4 is 4.74 Å². The average molecular weight is 247 g/mol. The second-order valence-electron chi connectivity index (χ2n) is 3.89. The van der Waals surface area contributed by atoms with Gasteiger partial charge in [-0.05, 0) is 18.2 Å². The van der Waals surface area contributed by atoms with Gasteiger partial charge in [0.2, 0.25) is 0 Å². The zero-order chi connectivity index (χ0) is 13.5. The number of rotatable bonds is 3. The van der Waals surface area contributed by atoms with Gasteiger partial charge < -0.3 is 14.7 Å². The quantitative estimate of drug-likeness (QED) is 0.815. The van der Waals surface area contributed by atoms with E-state index >= 15 is 0 Å². The molecule has 1 amide bonds. The molecule has 0 aliphatic carbocycles. The Labute approximate surface area is 107 Å². The molecule has 0 saturated carbocycles. The fourth-order valence-electron chi connectivity index (χ4n) is 1.41. The lowest BCUT2D eigenvalue weighted by Crippen LogP contribution is -2.21. The lowest BCUT2D eigenvalue weighted by atomic mass is 10.1. The van der Waals surface area contributed by atoms with E-state index in [0.29, 0.717) is 23.3 Å². The van der Waals surface area contributed by atoms with Gasteiger partial charge in [0.1, 0.15) is 5.75 Å². The van der Waals surface area contributed by atoms with Crippen LogP contribution in [0.15, 0.2) is 18.2 Å². The number of nitrogens with zero attached hydrogens (tertiary/aromatic N) is 1. The second kappa shape index (κ2) is 6.67. The third-order valence-corrected chi connectivity index (χ3v) is 2.31. The predicted molar refractivity (Wildman–Crippen MR) is 69.6 cm³/mol. The number of ether oxygens (including phenoxy) is 1. The minimum absolute atomic E-state index is 0.0195. The first kappa shape index (κ1) is 14.1. The Kier molecular flexibility index (Phi) is 5.22. The number of aliphatic hydroxyl groups is 1. The van der Waals surface area contributed by atoms with Crippen LogP contribution in [0.25, 0.3) is 0 Å². The Bertz CT molecular complexity index is 484. The third kappa shape index (κ3) is 3.51. The summed E-state index contributed by atoms with van der Waals surface area (Å²) in [7, 11) is 4.95. The summed E-state index contributed by atoms with van der Waals surface area (Å²) in [6.45, 7) is 0.0195. The molecule has 18 heavy (non-hydrogen) atoms. The van der Waals surface area contributed by atoms with E-state index in [1.54, 1.807) is 39.4 Å². The van der Waals surface area contributed by atoms with Gasteiger partial charge in [0.25, 0.3) is 5.91 Å². The van der Waals surface area contributed by atoms with E-state index in [1.807, 2.05) is 0 Å². The van der Waals surface area contributed by atoms with Gasteiger partial charge in [-0.25, -0.2) is 0 Å². The minimum atomic E-state index is -0.0807. The highest BCUT2D eigenvalue weighted by Gasteiger charge is 2.10. The van der Waals surface area contributed by atoms with Gasteiger partial charge >= 0.3 is 0 Å². The largest absolute Gasteiger partial charge is 0.495 e. The Morgan fingerprint density at radius 1 is 1.44 bits per heavy atom. The monoisotopic (exact) mass is 247 g/mol. The number of hydrogen-bond donors (Lipinski definition) is 1. The summed E-state index contributed by atoms with van der Waals surface area (Å²) in [4.78, 5) is 13.3. The molecule has 0 spiro atoms. The van der Waals surface area contributed by atoms with Crippen LogP contribution in [-0.4, -0.2) is 43.7 Å². The maximum Gasteiger partial charge on any atom is 0.253 e. The molecule has 0 atom stereocenters. The van der Waals surface area contributed by atoms with Crippen molar-refractivity contribution in [3.8, 4) is 17.6 Å². The SMILES string of the molecule is COc1ccc(C(=O)N(C)C)cc1C#CCCO. The molecule has 0 bridgehead atoms. The Morgan fingerprint density at radius 2 is 2.17 bits per heavy atom. The fourth-order valence-corrected chi connectivity index (χ4v) is 1.41. The Morgan fingerprint density at radius 3 is 2.72 bits per heavy atom. The molecule has 0 aliphatic rings. The molecular weight excluding hydrogens is 230 g/mol. The normalized spacial score (nSPS) is 9.33. The number of methoxy groups -OCH3 is 1. The van der Waals surface area contributed by atoms with Crippen molar-refractivity contribution in [2.24, 2.45) is 0 Å². The van der Waals surface area contributed by atoms with Crippen molar-refractivity contribution in [2.45, 2.75) is 6.42 Å². The third-order valence-electron chi connectivity index (χ3n) is 2.31. The van der Waals surface area contributed by atoms with E-state index in [1.165, 1.54) is 4.90 Å². The molecule has 1 aromatic carbocycles. The number of benzene rings is 1. The van der Waals surface area contributed by atoms with E-state index in [0.717, 1.165) is 0 Å². The smallest absolute Gasteiger partial charge is 0.253 e. The van der Waals surface area contributed by atoms with Crippen LogP contribution in [0, 0.1) is 11.8 Å². The lowest BCUT2D eigenvalue weighted by Gasteiger charge is -2.11. The number of aliphatic hydroxyl groups excluding tert-OH is 1. The molecule has 0 heterocycles. The van der Waals surface area contributed by atoms with Gasteiger partial charge in [0.05, 0.1) is 19.3 Å². The first-order chi connectivity index (χ1) is 8.60. The highest BCUT2D eigenvalue weighted by atomic mass is 16.5. The molecule has 1 aromatic rings. The summed E-state index contributed by atoms with van der Waals surface area (Å²) in [6, 6.07) is 5.13. The van der Waals surface area contributed by atoms with E-state index < -0.39 is 0 Å². The molecular formula is C14H17NO3. The van der Waals surface area contributed by atoms with Crippen LogP contribution in [0.1, 0.15) is 22.3 Å². The van der Waals surface area contributed by atoms with E-state index in [2.05, 4.69) is 11.8 Å². The van der Waals surface area contributed by atoms with Crippen LogP contribution >= 0.6 is 0 Å². The molecule has 0 radical (unpaired) electrons. The number of carbonyl (C=O) groups is 1. The summed E-state index contributed by atoms with van der Waals surface area (Å²) in [5, 5.41) is 8.69. The summed E-state index contributed by atoms with van der Waals surface area (Å²) < 4.78 is 5.18. The zero-order valence-electron chi connectivity index (χ0n) is 10.9. The highest BCUT2D eigenvalue weighted by molar-refractivity contribution is 5.94. The molecule has 1 rings (SSSR count). The molecule has 96 valence electrons. The van der Waals surface area contributed by atoms with Crippen molar-refractivity contribution >= 4 is 5.91 Å². The standard InChI is InChI=1S/C14H17NO3/c1-15(2)14(17)12-7-8-13(18-3)11(10-12)6-4-5-9-16/h7-8,10,16H,5,9H2,1-3H3. The molecule has 1 N–H and O–H groups in total.